The maximum absolute atomic E-state index is 11.7. The first-order chi connectivity index (χ1) is 7.87. The Balaban J connectivity index is 1.96. The molecule has 4 heteroatoms. The number of esters is 1. The number of hydrogen-bond acceptors (Lipinski definition) is 3. The first-order valence-electron chi connectivity index (χ1n) is 5.50. The van der Waals surface area contributed by atoms with Crippen LogP contribution >= 0.6 is 11.6 Å². The molecule has 1 heterocycles. The number of hydrogen-bond donors (Lipinski definition) is 0. The van der Waals surface area contributed by atoms with Crippen molar-refractivity contribution >= 4 is 17.6 Å². The van der Waals surface area contributed by atoms with Crippen molar-refractivity contribution in [2.75, 3.05) is 0 Å². The smallest absolute Gasteiger partial charge is 0.338 e. The Bertz CT molecular complexity index is 419. The van der Waals surface area contributed by atoms with Gasteiger partial charge in [0, 0.05) is 5.02 Å². The molecule has 0 bridgehead atoms. The van der Waals surface area contributed by atoms with Crippen molar-refractivity contribution in [1.29, 1.82) is 0 Å². The van der Waals surface area contributed by atoms with E-state index in [1.165, 1.54) is 0 Å². The molecule has 17 heavy (non-hydrogen) atoms. The van der Waals surface area contributed by atoms with E-state index in [-0.39, 0.29) is 12.1 Å². The lowest BCUT2D eigenvalue weighted by Crippen LogP contribution is -2.26. The molecule has 2 rings (SSSR count). The molecule has 0 aromatic heterocycles. The number of ether oxygens (including phenoxy) is 2. The molecule has 0 N–H and O–H groups in total. The van der Waals surface area contributed by atoms with Crippen LogP contribution in [0.3, 0.4) is 0 Å². The molecule has 2 atom stereocenters. The van der Waals surface area contributed by atoms with Crippen molar-refractivity contribution < 1.29 is 14.3 Å². The van der Waals surface area contributed by atoms with Crippen LogP contribution in [0, 0.1) is 0 Å². The molecule has 92 valence electrons. The van der Waals surface area contributed by atoms with E-state index in [9.17, 15) is 4.79 Å². The van der Waals surface area contributed by atoms with Crippen molar-refractivity contribution in [3.05, 3.63) is 34.9 Å². The van der Waals surface area contributed by atoms with Crippen LogP contribution in [0.15, 0.2) is 24.3 Å². The Morgan fingerprint density at radius 2 is 1.88 bits per heavy atom. The highest BCUT2D eigenvalue weighted by atomic mass is 35.5. The summed E-state index contributed by atoms with van der Waals surface area (Å²) < 4.78 is 10.6. The van der Waals surface area contributed by atoms with Gasteiger partial charge < -0.3 is 9.47 Å². The van der Waals surface area contributed by atoms with E-state index in [1.54, 1.807) is 12.1 Å². The zero-order valence-electron chi connectivity index (χ0n) is 10.1. The highest BCUT2D eigenvalue weighted by molar-refractivity contribution is 6.30. The second kappa shape index (κ2) is 4.31. The van der Waals surface area contributed by atoms with Crippen LogP contribution in [-0.2, 0) is 14.3 Å². The maximum Gasteiger partial charge on any atom is 0.338 e. The molecule has 0 spiro atoms. The molecule has 1 aliphatic heterocycles. The minimum Gasteiger partial charge on any atom is -0.458 e. The fourth-order valence-electron chi connectivity index (χ4n) is 1.56. The summed E-state index contributed by atoms with van der Waals surface area (Å²) in [5, 5.41) is 0.670. The average molecular weight is 255 g/mol. The second-order valence-corrected chi connectivity index (χ2v) is 5.50. The van der Waals surface area contributed by atoms with E-state index in [4.69, 9.17) is 21.1 Å². The number of carbonyl (C=O) groups is 1. The molecule has 0 radical (unpaired) electrons. The standard InChI is InChI=1S/C13H15ClO3/c1-13(2,3)17-12(15)11-10(16-11)8-4-6-9(14)7-5-8/h4-7,10-11H,1-3H3/t10-,11+/m0/s1. The summed E-state index contributed by atoms with van der Waals surface area (Å²) in [5.74, 6) is -0.308. The van der Waals surface area contributed by atoms with Gasteiger partial charge in [0.05, 0.1) is 0 Å². The fourth-order valence-corrected chi connectivity index (χ4v) is 1.68. The zero-order valence-corrected chi connectivity index (χ0v) is 10.8. The summed E-state index contributed by atoms with van der Waals surface area (Å²) in [4.78, 5) is 11.7. The third kappa shape index (κ3) is 3.20. The van der Waals surface area contributed by atoms with Gasteiger partial charge in [-0.2, -0.15) is 0 Å². The lowest BCUT2D eigenvalue weighted by atomic mass is 10.1. The first kappa shape index (κ1) is 12.4. The average Bonchev–Trinajstić information content (AvgIpc) is 2.96. The molecule has 0 saturated carbocycles. The van der Waals surface area contributed by atoms with Crippen LogP contribution in [0.4, 0.5) is 0 Å². The summed E-state index contributed by atoms with van der Waals surface area (Å²) in [5.41, 5.74) is 0.471. The van der Waals surface area contributed by atoms with E-state index in [1.807, 2.05) is 32.9 Å². The molecule has 1 aliphatic rings. The van der Waals surface area contributed by atoms with Crippen molar-refractivity contribution in [2.45, 2.75) is 38.6 Å². The van der Waals surface area contributed by atoms with Gasteiger partial charge >= 0.3 is 5.97 Å². The third-order valence-electron chi connectivity index (χ3n) is 2.33. The van der Waals surface area contributed by atoms with Crippen LogP contribution in [0.2, 0.25) is 5.02 Å². The van der Waals surface area contributed by atoms with Gasteiger partial charge in [0.15, 0.2) is 6.10 Å². The Morgan fingerprint density at radius 1 is 1.29 bits per heavy atom. The number of rotatable bonds is 2. The number of epoxide rings is 1. The summed E-state index contributed by atoms with van der Waals surface area (Å²) in [6, 6.07) is 7.28. The normalized spacial score (nSPS) is 23.3. The summed E-state index contributed by atoms with van der Waals surface area (Å²) in [7, 11) is 0. The van der Waals surface area contributed by atoms with Crippen LogP contribution < -0.4 is 0 Å². The van der Waals surface area contributed by atoms with Gasteiger partial charge in [0.25, 0.3) is 0 Å². The molecule has 1 aromatic carbocycles. The van der Waals surface area contributed by atoms with Gasteiger partial charge in [-0.1, -0.05) is 23.7 Å². The van der Waals surface area contributed by atoms with E-state index in [0.29, 0.717) is 5.02 Å². The SMILES string of the molecule is CC(C)(C)OC(=O)[C@@H]1O[C@H]1c1ccc(Cl)cc1. The van der Waals surface area contributed by atoms with Gasteiger partial charge in [0.1, 0.15) is 11.7 Å². The van der Waals surface area contributed by atoms with Gasteiger partial charge in [-0.05, 0) is 38.5 Å². The Kier molecular flexibility index (Phi) is 3.15. The van der Waals surface area contributed by atoms with Crippen molar-refractivity contribution in [2.24, 2.45) is 0 Å². The van der Waals surface area contributed by atoms with E-state index >= 15 is 0 Å². The Morgan fingerprint density at radius 3 is 2.41 bits per heavy atom. The Hall–Kier alpha value is -1.06. The molecule has 0 unspecified atom stereocenters. The number of halogens is 1. The molecule has 1 saturated heterocycles. The van der Waals surface area contributed by atoms with Crippen molar-refractivity contribution in [3.8, 4) is 0 Å². The highest BCUT2D eigenvalue weighted by Crippen LogP contribution is 2.40. The van der Waals surface area contributed by atoms with Crippen LogP contribution in [0.5, 0.6) is 0 Å². The quantitative estimate of drug-likeness (QED) is 0.601. The van der Waals surface area contributed by atoms with E-state index in [2.05, 4.69) is 0 Å². The van der Waals surface area contributed by atoms with Gasteiger partial charge in [-0.25, -0.2) is 4.79 Å². The summed E-state index contributed by atoms with van der Waals surface area (Å²) in [6.45, 7) is 5.51. The van der Waals surface area contributed by atoms with Crippen LogP contribution in [-0.4, -0.2) is 17.7 Å². The number of carbonyl (C=O) groups excluding carboxylic acids is 1. The van der Waals surface area contributed by atoms with E-state index in [0.717, 1.165) is 5.56 Å². The molecule has 0 aliphatic carbocycles. The van der Waals surface area contributed by atoms with Crippen molar-refractivity contribution in [1.82, 2.24) is 0 Å². The van der Waals surface area contributed by atoms with Gasteiger partial charge in [-0.3, -0.25) is 0 Å². The molecule has 1 fully saturated rings. The minimum atomic E-state index is -0.479. The minimum absolute atomic E-state index is 0.192. The molecule has 3 nitrogen and oxygen atoms in total. The third-order valence-corrected chi connectivity index (χ3v) is 2.58. The van der Waals surface area contributed by atoms with Crippen LogP contribution in [0.25, 0.3) is 0 Å². The topological polar surface area (TPSA) is 38.8 Å². The van der Waals surface area contributed by atoms with E-state index < -0.39 is 11.7 Å². The fraction of sp³-hybridized carbons (Fsp3) is 0.462. The molecular weight excluding hydrogens is 240 g/mol. The lowest BCUT2D eigenvalue weighted by molar-refractivity contribution is -0.156. The first-order valence-corrected chi connectivity index (χ1v) is 5.88. The molecule has 1 aromatic rings. The zero-order chi connectivity index (χ0) is 12.6. The highest BCUT2D eigenvalue weighted by Gasteiger charge is 2.48. The Labute approximate surface area is 106 Å². The summed E-state index contributed by atoms with van der Waals surface area (Å²) >= 11 is 5.79. The monoisotopic (exact) mass is 254 g/mol. The maximum atomic E-state index is 11.7. The predicted molar refractivity (Wildman–Crippen MR) is 64.9 cm³/mol. The van der Waals surface area contributed by atoms with Crippen LogP contribution in [0.1, 0.15) is 32.4 Å². The van der Waals surface area contributed by atoms with Gasteiger partial charge in [0.2, 0.25) is 0 Å². The largest absolute Gasteiger partial charge is 0.458 e. The number of benzene rings is 1. The predicted octanol–water partition coefficient (Wildman–Crippen LogP) is 3.12. The second-order valence-electron chi connectivity index (χ2n) is 5.06. The summed E-state index contributed by atoms with van der Waals surface area (Å²) in [6.07, 6.45) is -0.669. The lowest BCUT2D eigenvalue weighted by Gasteiger charge is -2.18. The molecule has 0 amide bonds. The van der Waals surface area contributed by atoms with Gasteiger partial charge in [-0.15, -0.1) is 0 Å². The van der Waals surface area contributed by atoms with Crippen molar-refractivity contribution in [3.63, 3.8) is 0 Å². The molecular formula is C13H15ClO3.